The molecule has 0 unspecified atom stereocenters. The van der Waals surface area contributed by atoms with Crippen molar-refractivity contribution in [3.63, 3.8) is 0 Å². The highest BCUT2D eigenvalue weighted by Gasteiger charge is 2.41. The summed E-state index contributed by atoms with van der Waals surface area (Å²) in [6.45, 7) is 17.5. The van der Waals surface area contributed by atoms with E-state index in [0.29, 0.717) is 31.0 Å². The summed E-state index contributed by atoms with van der Waals surface area (Å²) in [4.78, 5) is 2.45. The van der Waals surface area contributed by atoms with Gasteiger partial charge in [-0.05, 0) is 53.9 Å². The molecule has 0 N–H and O–H groups in total. The van der Waals surface area contributed by atoms with Crippen LogP contribution in [0.25, 0.3) is 0 Å². The molecule has 2 aliphatic heterocycles. The molecule has 1 saturated carbocycles. The minimum absolute atomic E-state index is 0.0477. The highest BCUT2D eigenvalue weighted by molar-refractivity contribution is 4.90. The molecule has 0 aromatic heterocycles. The summed E-state index contributed by atoms with van der Waals surface area (Å²) in [7, 11) is 0. The van der Waals surface area contributed by atoms with Gasteiger partial charge in [0, 0.05) is 31.8 Å². The van der Waals surface area contributed by atoms with Crippen molar-refractivity contribution in [3.8, 4) is 0 Å². The molecule has 0 amide bonds. The largest absolute Gasteiger partial charge is 0.381 e. The first kappa shape index (κ1) is 22.4. The Hall–Kier alpha value is -0.240. The van der Waals surface area contributed by atoms with E-state index in [2.05, 4.69) is 39.5 Å². The van der Waals surface area contributed by atoms with E-state index >= 15 is 0 Å². The van der Waals surface area contributed by atoms with Crippen LogP contribution in [0.4, 0.5) is 0 Å². The third-order valence-electron chi connectivity index (χ3n) is 5.95. The van der Waals surface area contributed by atoms with Gasteiger partial charge >= 0.3 is 0 Å². The molecule has 3 rings (SSSR count). The highest BCUT2D eigenvalue weighted by atomic mass is 16.5. The van der Waals surface area contributed by atoms with Crippen molar-refractivity contribution >= 4 is 0 Å². The average Bonchev–Trinajstić information content (AvgIpc) is 2.48. The molecule has 0 bridgehead atoms. The van der Waals surface area contributed by atoms with Crippen LogP contribution in [0.3, 0.4) is 0 Å². The molecule has 2 saturated heterocycles. The molecule has 0 aromatic rings. The molecule has 6 nitrogen and oxygen atoms in total. The van der Waals surface area contributed by atoms with Gasteiger partial charge in [-0.25, -0.2) is 0 Å². The number of hydrogen-bond donors (Lipinski definition) is 0. The normalized spacial score (nSPS) is 28.1. The van der Waals surface area contributed by atoms with Crippen LogP contribution in [-0.4, -0.2) is 87.6 Å². The summed E-state index contributed by atoms with van der Waals surface area (Å²) in [5, 5.41) is 0. The van der Waals surface area contributed by atoms with Crippen LogP contribution in [-0.2, 0) is 23.7 Å². The molecular weight excluding hydrogens is 358 g/mol. The minimum Gasteiger partial charge on any atom is -0.381 e. The quantitative estimate of drug-likeness (QED) is 0.470. The number of ether oxygens (including phenoxy) is 5. The molecule has 2 heterocycles. The van der Waals surface area contributed by atoms with Crippen LogP contribution in [0.1, 0.15) is 53.9 Å². The van der Waals surface area contributed by atoms with Gasteiger partial charge in [0.1, 0.15) is 0 Å². The van der Waals surface area contributed by atoms with Crippen molar-refractivity contribution in [2.45, 2.75) is 83.8 Å². The Labute approximate surface area is 171 Å². The van der Waals surface area contributed by atoms with E-state index in [1.54, 1.807) is 0 Å². The zero-order valence-electron chi connectivity index (χ0n) is 18.6. The van der Waals surface area contributed by atoms with Crippen molar-refractivity contribution in [3.05, 3.63) is 0 Å². The summed E-state index contributed by atoms with van der Waals surface area (Å²) in [5.41, 5.74) is 0.304. The fourth-order valence-electron chi connectivity index (χ4n) is 3.83. The van der Waals surface area contributed by atoms with Crippen LogP contribution in [0.2, 0.25) is 0 Å². The molecule has 0 aromatic carbocycles. The first-order valence-corrected chi connectivity index (χ1v) is 11.0. The number of likely N-dealkylation sites (tertiary alicyclic amines) is 1. The Morgan fingerprint density at radius 2 is 1.68 bits per heavy atom. The van der Waals surface area contributed by atoms with Gasteiger partial charge in [0.05, 0.1) is 56.3 Å². The smallest absolute Gasteiger partial charge is 0.0829 e. The van der Waals surface area contributed by atoms with Gasteiger partial charge in [-0.15, -0.1) is 0 Å². The monoisotopic (exact) mass is 399 g/mol. The molecule has 0 spiro atoms. The van der Waals surface area contributed by atoms with Gasteiger partial charge in [-0.3, -0.25) is 4.90 Å². The predicted octanol–water partition coefficient (Wildman–Crippen LogP) is 2.88. The average molecular weight is 400 g/mol. The van der Waals surface area contributed by atoms with E-state index < -0.39 is 0 Å². The summed E-state index contributed by atoms with van der Waals surface area (Å²) < 4.78 is 29.2. The van der Waals surface area contributed by atoms with Crippen LogP contribution in [0, 0.1) is 5.41 Å². The van der Waals surface area contributed by atoms with Gasteiger partial charge in [0.25, 0.3) is 0 Å². The second kappa shape index (κ2) is 9.71. The molecule has 28 heavy (non-hydrogen) atoms. The maximum absolute atomic E-state index is 6.10. The van der Waals surface area contributed by atoms with Crippen molar-refractivity contribution in [1.29, 1.82) is 0 Å². The SMILES string of the molecule is CC(C)OC1CC(OCC2(COCCCOC3CN(C(C)(C)C)C3)COC2)C1. The van der Waals surface area contributed by atoms with Crippen LogP contribution < -0.4 is 0 Å². The van der Waals surface area contributed by atoms with Gasteiger partial charge in [0.15, 0.2) is 0 Å². The molecule has 6 heteroatoms. The third-order valence-corrected chi connectivity index (χ3v) is 5.95. The summed E-state index contributed by atoms with van der Waals surface area (Å²) >= 11 is 0. The van der Waals surface area contributed by atoms with Gasteiger partial charge in [-0.1, -0.05) is 0 Å². The minimum atomic E-state index is 0.0477. The maximum Gasteiger partial charge on any atom is 0.0829 e. The van der Waals surface area contributed by atoms with E-state index in [4.69, 9.17) is 23.7 Å². The van der Waals surface area contributed by atoms with Crippen LogP contribution in [0.5, 0.6) is 0 Å². The molecule has 164 valence electrons. The molecule has 3 fully saturated rings. The van der Waals surface area contributed by atoms with E-state index in [9.17, 15) is 0 Å². The first-order chi connectivity index (χ1) is 13.3. The molecule has 0 radical (unpaired) electrons. The van der Waals surface area contributed by atoms with Crippen molar-refractivity contribution < 1.29 is 23.7 Å². The standard InChI is InChI=1S/C22H41NO5/c1-17(2)28-19-9-18(10-19)27-16-22(14-25-15-22)13-24-7-6-8-26-20-11-23(12-20)21(3,4)5/h17-20H,6-16H2,1-5H3. The summed E-state index contributed by atoms with van der Waals surface area (Å²) in [5.74, 6) is 0. The first-order valence-electron chi connectivity index (χ1n) is 11.0. The Kier molecular flexibility index (Phi) is 7.79. The zero-order chi connectivity index (χ0) is 20.2. The zero-order valence-corrected chi connectivity index (χ0v) is 18.6. The lowest BCUT2D eigenvalue weighted by molar-refractivity contribution is -0.203. The van der Waals surface area contributed by atoms with Gasteiger partial charge in [-0.2, -0.15) is 0 Å². The van der Waals surface area contributed by atoms with Crippen molar-refractivity contribution in [2.24, 2.45) is 5.41 Å². The molecule has 1 aliphatic carbocycles. The molecular formula is C22H41NO5. The summed E-state index contributed by atoms with van der Waals surface area (Å²) in [6, 6.07) is 0. The fraction of sp³-hybridized carbons (Fsp3) is 1.00. The Morgan fingerprint density at radius 1 is 0.964 bits per heavy atom. The Bertz CT molecular complexity index is 462. The predicted molar refractivity (Wildman–Crippen MR) is 109 cm³/mol. The maximum atomic E-state index is 6.10. The molecule has 0 atom stereocenters. The second-order valence-corrected chi connectivity index (χ2v) is 10.2. The topological polar surface area (TPSA) is 49.4 Å². The van der Waals surface area contributed by atoms with Crippen LogP contribution >= 0.6 is 0 Å². The Balaban J connectivity index is 1.19. The van der Waals surface area contributed by atoms with E-state index in [0.717, 1.165) is 65.4 Å². The fourth-order valence-corrected chi connectivity index (χ4v) is 3.83. The second-order valence-electron chi connectivity index (χ2n) is 10.2. The van der Waals surface area contributed by atoms with E-state index in [1.807, 2.05) is 0 Å². The van der Waals surface area contributed by atoms with Crippen molar-refractivity contribution in [2.75, 3.05) is 52.7 Å². The van der Waals surface area contributed by atoms with Gasteiger partial charge < -0.3 is 23.7 Å². The number of nitrogens with zero attached hydrogens (tertiary/aromatic N) is 1. The lowest BCUT2D eigenvalue weighted by Crippen LogP contribution is -2.59. The van der Waals surface area contributed by atoms with Gasteiger partial charge in [0.2, 0.25) is 0 Å². The van der Waals surface area contributed by atoms with Crippen molar-refractivity contribution in [1.82, 2.24) is 4.90 Å². The number of rotatable bonds is 12. The number of hydrogen-bond acceptors (Lipinski definition) is 6. The van der Waals surface area contributed by atoms with Crippen LogP contribution in [0.15, 0.2) is 0 Å². The lowest BCUT2D eigenvalue weighted by atomic mass is 9.87. The highest BCUT2D eigenvalue weighted by Crippen LogP contribution is 2.33. The third kappa shape index (κ3) is 6.38. The Morgan fingerprint density at radius 3 is 2.25 bits per heavy atom. The van der Waals surface area contributed by atoms with E-state index in [1.165, 1.54) is 0 Å². The lowest BCUT2D eigenvalue weighted by Gasteiger charge is -2.47. The van der Waals surface area contributed by atoms with E-state index in [-0.39, 0.29) is 11.0 Å². The summed E-state index contributed by atoms with van der Waals surface area (Å²) in [6.07, 6.45) is 4.38. The molecule has 3 aliphatic rings.